The number of hydrogen-bond acceptors (Lipinski definition) is 4. The van der Waals surface area contributed by atoms with Gasteiger partial charge in [0.1, 0.15) is 23.1 Å². The molecule has 0 aliphatic rings. The van der Waals surface area contributed by atoms with Crippen LogP contribution in [0.1, 0.15) is 32.6 Å². The maximum absolute atomic E-state index is 14.0. The Morgan fingerprint density at radius 1 is 0.674 bits per heavy atom. The molecule has 0 bridgehead atoms. The molecule has 4 aromatic carbocycles. The highest BCUT2D eigenvalue weighted by Gasteiger charge is 2.40. The lowest BCUT2D eigenvalue weighted by atomic mass is 9.77. The van der Waals surface area contributed by atoms with Crippen LogP contribution in [0.5, 0.6) is 17.2 Å². The number of alkyl halides is 9. The van der Waals surface area contributed by atoms with Crippen LogP contribution in [-0.2, 0) is 18.1 Å². The lowest BCUT2D eigenvalue weighted by Crippen LogP contribution is -2.48. The Balaban J connectivity index is 1.98. The number of rotatable bonds is 9. The summed E-state index contributed by atoms with van der Waals surface area (Å²) in [4.78, 5) is 13.7. The second kappa shape index (κ2) is 12.8. The molecule has 4 rings (SSSR count). The van der Waals surface area contributed by atoms with E-state index in [0.29, 0.717) is 17.4 Å². The second-order valence-electron chi connectivity index (χ2n) is 9.73. The van der Waals surface area contributed by atoms with Crippen LogP contribution in [0.4, 0.5) is 43.9 Å². The molecule has 0 aliphatic heterocycles. The SMILES string of the molecule is COc1ccc(CC(NC(=O)c2ccc(F)c(C(F)(F)F)c2)(c2cccc(OC(F)(F)F)c2)c2cccc(OC(F)(F)F)c2)cc1. The van der Waals surface area contributed by atoms with E-state index < -0.39 is 58.8 Å². The fourth-order valence-corrected chi connectivity index (χ4v) is 4.68. The van der Waals surface area contributed by atoms with E-state index in [-0.39, 0.29) is 23.6 Å². The number of halogens is 10. The Bertz CT molecular complexity index is 1620. The smallest absolute Gasteiger partial charge is 0.497 e. The summed E-state index contributed by atoms with van der Waals surface area (Å²) in [6, 6.07) is 15.6. The zero-order valence-electron chi connectivity index (χ0n) is 23.3. The third kappa shape index (κ3) is 8.40. The first kappa shape index (κ1) is 33.9. The van der Waals surface area contributed by atoms with Gasteiger partial charge in [0.25, 0.3) is 5.91 Å². The number of nitrogens with one attached hydrogen (secondary N) is 1. The molecule has 0 atom stereocenters. The molecule has 0 aromatic heterocycles. The molecular weight excluding hydrogens is 640 g/mol. The predicted octanol–water partition coefficient (Wildman–Crippen LogP) is 8.57. The van der Waals surface area contributed by atoms with Gasteiger partial charge >= 0.3 is 18.9 Å². The van der Waals surface area contributed by atoms with Crippen molar-refractivity contribution in [1.29, 1.82) is 0 Å². The highest BCUT2D eigenvalue weighted by atomic mass is 19.4. The molecule has 0 saturated carbocycles. The van der Waals surface area contributed by atoms with E-state index in [1.165, 1.54) is 43.5 Å². The van der Waals surface area contributed by atoms with Crippen LogP contribution in [0.2, 0.25) is 0 Å². The summed E-state index contributed by atoms with van der Waals surface area (Å²) in [5, 5.41) is 2.50. The zero-order chi connectivity index (χ0) is 33.9. The van der Waals surface area contributed by atoms with Gasteiger partial charge in [-0.1, -0.05) is 36.4 Å². The van der Waals surface area contributed by atoms with E-state index in [2.05, 4.69) is 14.8 Å². The summed E-state index contributed by atoms with van der Waals surface area (Å²) < 4.78 is 147. The third-order valence-electron chi connectivity index (χ3n) is 6.61. The van der Waals surface area contributed by atoms with Crippen molar-refractivity contribution in [2.75, 3.05) is 7.11 Å². The molecule has 1 N–H and O–H groups in total. The molecule has 0 radical (unpaired) electrons. The minimum absolute atomic E-state index is 0.180. The highest BCUT2D eigenvalue weighted by Crippen LogP contribution is 2.39. The Morgan fingerprint density at radius 2 is 1.20 bits per heavy atom. The van der Waals surface area contributed by atoms with Crippen LogP contribution in [0.15, 0.2) is 91.0 Å². The van der Waals surface area contributed by atoms with E-state index >= 15 is 0 Å². The van der Waals surface area contributed by atoms with Gasteiger partial charge in [-0.25, -0.2) is 4.39 Å². The summed E-state index contributed by atoms with van der Waals surface area (Å²) >= 11 is 0. The number of carbonyl (C=O) groups excluding carboxylic acids is 1. The Labute approximate surface area is 254 Å². The molecule has 5 nitrogen and oxygen atoms in total. The largest absolute Gasteiger partial charge is 0.573 e. The van der Waals surface area contributed by atoms with Crippen LogP contribution in [0.3, 0.4) is 0 Å². The summed E-state index contributed by atoms with van der Waals surface area (Å²) in [5.74, 6) is -4.12. The summed E-state index contributed by atoms with van der Waals surface area (Å²) in [7, 11) is 1.37. The molecule has 46 heavy (non-hydrogen) atoms. The van der Waals surface area contributed by atoms with Gasteiger partial charge < -0.3 is 19.5 Å². The zero-order valence-corrected chi connectivity index (χ0v) is 23.3. The minimum Gasteiger partial charge on any atom is -0.497 e. The van der Waals surface area contributed by atoms with Gasteiger partial charge in [0.2, 0.25) is 0 Å². The van der Waals surface area contributed by atoms with Gasteiger partial charge in [0.05, 0.1) is 18.2 Å². The van der Waals surface area contributed by atoms with Gasteiger partial charge in [-0.2, -0.15) is 13.2 Å². The fourth-order valence-electron chi connectivity index (χ4n) is 4.68. The molecule has 0 aliphatic carbocycles. The van der Waals surface area contributed by atoms with E-state index in [0.717, 1.165) is 42.5 Å². The fraction of sp³-hybridized carbons (Fsp3) is 0.194. The molecule has 0 saturated heterocycles. The van der Waals surface area contributed by atoms with Crippen LogP contribution < -0.4 is 19.5 Å². The molecule has 244 valence electrons. The average Bonchev–Trinajstić information content (AvgIpc) is 2.95. The van der Waals surface area contributed by atoms with E-state index in [1.807, 2.05) is 0 Å². The molecular formula is C31H21F10NO4. The van der Waals surface area contributed by atoms with Crippen molar-refractivity contribution in [3.05, 3.63) is 125 Å². The third-order valence-corrected chi connectivity index (χ3v) is 6.61. The Morgan fingerprint density at radius 3 is 1.65 bits per heavy atom. The Kier molecular flexibility index (Phi) is 9.45. The predicted molar refractivity (Wildman–Crippen MR) is 143 cm³/mol. The quantitative estimate of drug-likeness (QED) is 0.183. The minimum atomic E-state index is -5.20. The monoisotopic (exact) mass is 661 g/mol. The topological polar surface area (TPSA) is 56.8 Å². The second-order valence-corrected chi connectivity index (χ2v) is 9.73. The van der Waals surface area contributed by atoms with Crippen molar-refractivity contribution in [3.63, 3.8) is 0 Å². The molecule has 0 spiro atoms. The first-order chi connectivity index (χ1) is 21.4. The first-order valence-corrected chi connectivity index (χ1v) is 12.9. The summed E-state index contributed by atoms with van der Waals surface area (Å²) in [6.07, 6.45) is -15.9. The van der Waals surface area contributed by atoms with Crippen molar-refractivity contribution in [3.8, 4) is 17.2 Å². The van der Waals surface area contributed by atoms with Crippen molar-refractivity contribution >= 4 is 5.91 Å². The van der Waals surface area contributed by atoms with E-state index in [9.17, 15) is 48.7 Å². The van der Waals surface area contributed by atoms with Gasteiger partial charge in [-0.05, 0) is 71.3 Å². The Hall–Kier alpha value is -4.95. The number of ether oxygens (including phenoxy) is 3. The van der Waals surface area contributed by atoms with Crippen LogP contribution in [0, 0.1) is 5.82 Å². The molecule has 0 fully saturated rings. The number of methoxy groups -OCH3 is 1. The molecule has 0 heterocycles. The lowest BCUT2D eigenvalue weighted by Gasteiger charge is -2.37. The summed E-state index contributed by atoms with van der Waals surface area (Å²) in [5.41, 5.74) is -4.60. The van der Waals surface area contributed by atoms with Gasteiger partial charge in [-0.15, -0.1) is 26.3 Å². The molecule has 1 amide bonds. The first-order valence-electron chi connectivity index (χ1n) is 12.9. The number of amides is 1. The molecule has 15 heteroatoms. The van der Waals surface area contributed by atoms with E-state index in [1.54, 1.807) is 0 Å². The van der Waals surface area contributed by atoms with Gasteiger partial charge in [0.15, 0.2) is 0 Å². The summed E-state index contributed by atoms with van der Waals surface area (Å²) in [6.45, 7) is 0. The molecule has 0 unspecified atom stereocenters. The normalized spacial score (nSPS) is 12.4. The van der Waals surface area contributed by atoms with Crippen LogP contribution in [-0.4, -0.2) is 25.7 Å². The number of carbonyl (C=O) groups is 1. The van der Waals surface area contributed by atoms with Crippen molar-refractivity contribution in [1.82, 2.24) is 5.32 Å². The highest BCUT2D eigenvalue weighted by molar-refractivity contribution is 5.95. The molecule has 4 aromatic rings. The van der Waals surface area contributed by atoms with Crippen LogP contribution in [0.25, 0.3) is 0 Å². The van der Waals surface area contributed by atoms with Crippen molar-refractivity contribution < 1.29 is 62.9 Å². The maximum atomic E-state index is 14.0. The van der Waals surface area contributed by atoms with Crippen LogP contribution >= 0.6 is 0 Å². The maximum Gasteiger partial charge on any atom is 0.573 e. The number of benzene rings is 4. The van der Waals surface area contributed by atoms with Crippen molar-refractivity contribution in [2.45, 2.75) is 30.9 Å². The van der Waals surface area contributed by atoms with Gasteiger partial charge in [0, 0.05) is 12.0 Å². The van der Waals surface area contributed by atoms with E-state index in [4.69, 9.17) is 4.74 Å². The average molecular weight is 661 g/mol. The van der Waals surface area contributed by atoms with Crippen molar-refractivity contribution in [2.24, 2.45) is 0 Å². The van der Waals surface area contributed by atoms with Gasteiger partial charge in [-0.3, -0.25) is 4.79 Å². The standard InChI is InChI=1S/C31H21F10NO4/c1-44-22-11-8-18(9-12-22)17-28(20-4-2-6-23(15-20)45-30(36,37)38,21-5-3-7-24(16-21)46-31(39,40)41)42-27(43)19-10-13-26(32)25(14-19)29(33,34)35/h2-16H,17H2,1H3,(H,42,43). The lowest BCUT2D eigenvalue weighted by molar-refractivity contribution is -0.275. The number of hydrogen-bond donors (Lipinski definition) is 1.